The van der Waals surface area contributed by atoms with E-state index >= 15 is 0 Å². The predicted octanol–water partition coefficient (Wildman–Crippen LogP) is 2.93. The third-order valence-electron chi connectivity index (χ3n) is 5.03. The molecule has 1 aliphatic rings. The minimum absolute atomic E-state index is 0.0312. The maximum atomic E-state index is 13.3. The van der Waals surface area contributed by atoms with Crippen LogP contribution in [0.15, 0.2) is 71.6 Å². The first kappa shape index (κ1) is 22.8. The van der Waals surface area contributed by atoms with E-state index in [1.165, 1.54) is 30.3 Å². The van der Waals surface area contributed by atoms with Crippen LogP contribution in [-0.4, -0.2) is 27.5 Å². The number of rotatable bonds is 8. The molecule has 1 amide bonds. The number of halogens is 1. The Morgan fingerprint density at radius 2 is 1.58 bits per heavy atom. The van der Waals surface area contributed by atoms with Crippen molar-refractivity contribution in [2.75, 3.05) is 13.2 Å². The summed E-state index contributed by atoms with van der Waals surface area (Å²) in [5.74, 6) is 0.648. The first-order valence-electron chi connectivity index (χ1n) is 10.4. The van der Waals surface area contributed by atoms with Gasteiger partial charge in [0.2, 0.25) is 15.9 Å². The molecular weight excluding hydrogens is 447 g/mol. The largest absolute Gasteiger partial charge is 0.486 e. The van der Waals surface area contributed by atoms with Crippen LogP contribution < -0.4 is 19.5 Å². The predicted molar refractivity (Wildman–Crippen MR) is 120 cm³/mol. The zero-order chi connectivity index (χ0) is 23.3. The van der Waals surface area contributed by atoms with E-state index in [9.17, 15) is 17.6 Å². The molecule has 1 heterocycles. The molecule has 0 bridgehead atoms. The Morgan fingerprint density at radius 1 is 0.848 bits per heavy atom. The number of hydrogen-bond acceptors (Lipinski definition) is 5. The van der Waals surface area contributed by atoms with Crippen LogP contribution in [0.4, 0.5) is 4.39 Å². The van der Waals surface area contributed by atoms with Crippen molar-refractivity contribution >= 4 is 15.9 Å². The molecule has 0 spiro atoms. The summed E-state index contributed by atoms with van der Waals surface area (Å²) < 4.78 is 52.0. The van der Waals surface area contributed by atoms with Gasteiger partial charge in [0.15, 0.2) is 11.5 Å². The van der Waals surface area contributed by atoms with Gasteiger partial charge in [-0.1, -0.05) is 30.3 Å². The smallest absolute Gasteiger partial charge is 0.240 e. The van der Waals surface area contributed by atoms with Gasteiger partial charge in [-0.25, -0.2) is 17.5 Å². The first-order valence-corrected chi connectivity index (χ1v) is 11.9. The van der Waals surface area contributed by atoms with Crippen molar-refractivity contribution < 1.29 is 27.1 Å². The van der Waals surface area contributed by atoms with Gasteiger partial charge in [0.1, 0.15) is 19.0 Å². The van der Waals surface area contributed by atoms with E-state index in [2.05, 4.69) is 10.0 Å². The fourth-order valence-corrected chi connectivity index (χ4v) is 4.47. The minimum Gasteiger partial charge on any atom is -0.486 e. The second-order valence-corrected chi connectivity index (χ2v) is 9.30. The lowest BCUT2D eigenvalue weighted by molar-refractivity contribution is -0.120. The summed E-state index contributed by atoms with van der Waals surface area (Å²) in [7, 11) is -3.80. The van der Waals surface area contributed by atoms with Crippen molar-refractivity contribution in [1.29, 1.82) is 0 Å². The maximum absolute atomic E-state index is 13.3. The van der Waals surface area contributed by atoms with Crippen LogP contribution in [0.1, 0.15) is 16.7 Å². The summed E-state index contributed by atoms with van der Waals surface area (Å²) in [5.41, 5.74) is 1.94. The van der Waals surface area contributed by atoms with Crippen molar-refractivity contribution in [3.8, 4) is 11.5 Å². The maximum Gasteiger partial charge on any atom is 0.240 e. The van der Waals surface area contributed by atoms with Crippen LogP contribution in [0.2, 0.25) is 0 Å². The van der Waals surface area contributed by atoms with E-state index in [1.54, 1.807) is 30.3 Å². The molecule has 2 N–H and O–H groups in total. The Labute approximate surface area is 191 Å². The van der Waals surface area contributed by atoms with Crippen molar-refractivity contribution in [3.05, 3.63) is 89.2 Å². The number of nitrogens with one attached hydrogen (secondary N) is 2. The molecule has 0 fully saturated rings. The standard InChI is InChI=1S/C24H23FN2O5S/c25-20-5-1-3-18(11-20)16-27-33(29,30)21-6-2-4-19(12-21)15-26-24(28)14-17-7-8-22-23(13-17)32-10-9-31-22/h1-8,11-13,27H,9-10,14-16H2,(H,26,28). The SMILES string of the molecule is O=C(Cc1ccc2c(c1)OCCO2)NCc1cccc(S(=O)(=O)NCc2cccc(F)c2)c1. The minimum atomic E-state index is -3.80. The van der Waals surface area contributed by atoms with E-state index in [0.29, 0.717) is 35.8 Å². The van der Waals surface area contributed by atoms with Gasteiger partial charge in [0.05, 0.1) is 11.3 Å². The fourth-order valence-electron chi connectivity index (χ4n) is 3.38. The summed E-state index contributed by atoms with van der Waals surface area (Å²) in [4.78, 5) is 12.4. The fraction of sp³-hybridized carbons (Fsp3) is 0.208. The lowest BCUT2D eigenvalue weighted by atomic mass is 10.1. The number of fused-ring (bicyclic) bond motifs is 1. The molecule has 9 heteroatoms. The molecule has 0 radical (unpaired) electrons. The van der Waals surface area contributed by atoms with E-state index in [-0.39, 0.29) is 30.3 Å². The molecular formula is C24H23FN2O5S. The number of benzene rings is 3. The second kappa shape index (κ2) is 10.0. The number of amides is 1. The number of carbonyl (C=O) groups is 1. The highest BCUT2D eigenvalue weighted by atomic mass is 32.2. The number of hydrogen-bond donors (Lipinski definition) is 2. The molecule has 3 aromatic rings. The number of sulfonamides is 1. The molecule has 0 saturated heterocycles. The molecule has 3 aromatic carbocycles. The van der Waals surface area contributed by atoms with Crippen LogP contribution in [-0.2, 0) is 34.3 Å². The Morgan fingerprint density at radius 3 is 2.36 bits per heavy atom. The van der Waals surface area contributed by atoms with Crippen LogP contribution >= 0.6 is 0 Å². The van der Waals surface area contributed by atoms with Crippen LogP contribution in [0.5, 0.6) is 11.5 Å². The third-order valence-corrected chi connectivity index (χ3v) is 6.42. The highest BCUT2D eigenvalue weighted by Gasteiger charge is 2.16. The quantitative estimate of drug-likeness (QED) is 0.528. The van der Waals surface area contributed by atoms with Crippen molar-refractivity contribution in [1.82, 2.24) is 10.0 Å². The molecule has 172 valence electrons. The number of ether oxygens (including phenoxy) is 2. The zero-order valence-electron chi connectivity index (χ0n) is 17.7. The average Bonchev–Trinajstić information content (AvgIpc) is 2.82. The number of carbonyl (C=O) groups excluding carboxylic acids is 1. The van der Waals surface area contributed by atoms with Crippen molar-refractivity contribution in [3.63, 3.8) is 0 Å². The van der Waals surface area contributed by atoms with Gasteiger partial charge in [-0.3, -0.25) is 4.79 Å². The summed E-state index contributed by atoms with van der Waals surface area (Å²) in [6.45, 7) is 1.12. The molecule has 33 heavy (non-hydrogen) atoms. The summed E-state index contributed by atoms with van der Waals surface area (Å²) in [6.07, 6.45) is 0.157. The molecule has 0 saturated carbocycles. The van der Waals surface area contributed by atoms with Gasteiger partial charge in [0, 0.05) is 13.1 Å². The molecule has 4 rings (SSSR count). The van der Waals surface area contributed by atoms with Crippen LogP contribution in [0, 0.1) is 5.82 Å². The van der Waals surface area contributed by atoms with Gasteiger partial charge in [-0.2, -0.15) is 0 Å². The van der Waals surface area contributed by atoms with E-state index < -0.39 is 15.8 Å². The van der Waals surface area contributed by atoms with E-state index in [1.807, 2.05) is 6.07 Å². The Hall–Kier alpha value is -3.43. The third kappa shape index (κ3) is 6.09. The lowest BCUT2D eigenvalue weighted by Crippen LogP contribution is -2.25. The van der Waals surface area contributed by atoms with Crippen LogP contribution in [0.3, 0.4) is 0 Å². The zero-order valence-corrected chi connectivity index (χ0v) is 18.5. The highest BCUT2D eigenvalue weighted by Crippen LogP contribution is 2.30. The molecule has 0 aliphatic carbocycles. The molecule has 0 aromatic heterocycles. The van der Waals surface area contributed by atoms with Crippen molar-refractivity contribution in [2.24, 2.45) is 0 Å². The van der Waals surface area contributed by atoms with Gasteiger partial charge < -0.3 is 14.8 Å². The second-order valence-electron chi connectivity index (χ2n) is 7.53. The van der Waals surface area contributed by atoms with Crippen molar-refractivity contribution in [2.45, 2.75) is 24.4 Å². The van der Waals surface area contributed by atoms with Crippen LogP contribution in [0.25, 0.3) is 0 Å². The Balaban J connectivity index is 1.34. The van der Waals surface area contributed by atoms with Gasteiger partial charge in [-0.15, -0.1) is 0 Å². The highest BCUT2D eigenvalue weighted by molar-refractivity contribution is 7.89. The summed E-state index contributed by atoms with van der Waals surface area (Å²) >= 11 is 0. The summed E-state index contributed by atoms with van der Waals surface area (Å²) in [5, 5.41) is 2.80. The van der Waals surface area contributed by atoms with Gasteiger partial charge in [-0.05, 0) is 53.1 Å². The Bertz CT molecular complexity index is 1260. The topological polar surface area (TPSA) is 93.7 Å². The lowest BCUT2D eigenvalue weighted by Gasteiger charge is -2.18. The Kier molecular flexibility index (Phi) is 6.90. The van der Waals surface area contributed by atoms with Gasteiger partial charge >= 0.3 is 0 Å². The first-order chi connectivity index (χ1) is 15.9. The molecule has 0 atom stereocenters. The van der Waals surface area contributed by atoms with E-state index in [0.717, 1.165) is 5.56 Å². The average molecular weight is 471 g/mol. The normalized spacial score (nSPS) is 12.9. The molecule has 0 unspecified atom stereocenters. The molecule has 1 aliphatic heterocycles. The van der Waals surface area contributed by atoms with Gasteiger partial charge in [0.25, 0.3) is 0 Å². The summed E-state index contributed by atoms with van der Waals surface area (Å²) in [6, 6.07) is 17.4. The monoisotopic (exact) mass is 470 g/mol. The van der Waals surface area contributed by atoms with E-state index in [4.69, 9.17) is 9.47 Å². The molecule has 7 nitrogen and oxygen atoms in total.